The molecule has 1 aliphatic carbocycles. The molecule has 1 N–H and O–H groups in total. The van der Waals surface area contributed by atoms with Crippen LogP contribution < -0.4 is 5.32 Å². The lowest BCUT2D eigenvalue weighted by molar-refractivity contribution is 0.442. The first kappa shape index (κ1) is 9.26. The van der Waals surface area contributed by atoms with Crippen molar-refractivity contribution in [3.05, 3.63) is 29.3 Å². The van der Waals surface area contributed by atoms with Crippen molar-refractivity contribution >= 4 is 5.69 Å². The third kappa shape index (κ3) is 1.64. The van der Waals surface area contributed by atoms with Crippen LogP contribution in [0.4, 0.5) is 5.69 Å². The second-order valence-electron chi connectivity index (χ2n) is 4.89. The minimum Gasteiger partial charge on any atom is -0.384 e. The maximum Gasteiger partial charge on any atom is 0.0376 e. The minimum absolute atomic E-state index is 0.855. The van der Waals surface area contributed by atoms with E-state index in [1.54, 1.807) is 11.1 Å². The molecule has 15 heavy (non-hydrogen) atoms. The molecule has 1 heteroatoms. The summed E-state index contributed by atoms with van der Waals surface area (Å²) in [5, 5.41) is 3.48. The lowest BCUT2D eigenvalue weighted by atomic mass is 9.81. The van der Waals surface area contributed by atoms with Crippen molar-refractivity contribution in [2.24, 2.45) is 0 Å². The van der Waals surface area contributed by atoms with Crippen LogP contribution >= 0.6 is 0 Å². The van der Waals surface area contributed by atoms with Gasteiger partial charge in [0.25, 0.3) is 0 Å². The average molecular weight is 201 g/mol. The summed E-state index contributed by atoms with van der Waals surface area (Å²) in [6.07, 6.45) is 8.38. The number of hydrogen-bond donors (Lipinski definition) is 1. The van der Waals surface area contributed by atoms with Crippen LogP contribution in [0.25, 0.3) is 0 Å². The van der Waals surface area contributed by atoms with Crippen molar-refractivity contribution < 1.29 is 0 Å². The molecule has 80 valence electrons. The Hall–Kier alpha value is -0.980. The molecule has 0 unspecified atom stereocenters. The minimum atomic E-state index is 0.855. The smallest absolute Gasteiger partial charge is 0.0376 e. The normalized spacial score (nSPS) is 21.1. The second kappa shape index (κ2) is 3.88. The summed E-state index contributed by atoms with van der Waals surface area (Å²) in [6.45, 7) is 1.14. The van der Waals surface area contributed by atoms with Gasteiger partial charge >= 0.3 is 0 Å². The Morgan fingerprint density at radius 3 is 2.80 bits per heavy atom. The van der Waals surface area contributed by atoms with Gasteiger partial charge in [-0.2, -0.15) is 0 Å². The van der Waals surface area contributed by atoms with Crippen LogP contribution in [-0.4, -0.2) is 6.54 Å². The van der Waals surface area contributed by atoms with E-state index in [4.69, 9.17) is 0 Å². The zero-order valence-corrected chi connectivity index (χ0v) is 9.26. The van der Waals surface area contributed by atoms with Crippen molar-refractivity contribution in [2.45, 2.75) is 44.4 Å². The summed E-state index contributed by atoms with van der Waals surface area (Å²) in [4.78, 5) is 0. The number of hydrogen-bond acceptors (Lipinski definition) is 1. The topological polar surface area (TPSA) is 12.0 Å². The van der Waals surface area contributed by atoms with E-state index < -0.39 is 0 Å². The zero-order valence-electron chi connectivity index (χ0n) is 9.26. The van der Waals surface area contributed by atoms with Gasteiger partial charge < -0.3 is 5.32 Å². The number of rotatable bonds is 1. The van der Waals surface area contributed by atoms with Crippen molar-refractivity contribution in [3.63, 3.8) is 0 Å². The molecule has 0 aromatic heterocycles. The van der Waals surface area contributed by atoms with E-state index in [9.17, 15) is 0 Å². The maximum atomic E-state index is 3.48. The third-order valence-corrected chi connectivity index (χ3v) is 3.95. The zero-order chi connectivity index (χ0) is 10.1. The maximum absolute atomic E-state index is 3.48. The average Bonchev–Trinajstić information content (AvgIpc) is 2.78. The molecule has 1 aliphatic heterocycles. The number of nitrogens with one attached hydrogen (secondary N) is 1. The molecular weight excluding hydrogens is 182 g/mol. The summed E-state index contributed by atoms with van der Waals surface area (Å²) in [5.41, 5.74) is 4.67. The summed E-state index contributed by atoms with van der Waals surface area (Å²) in [5.74, 6) is 0.855. The van der Waals surface area contributed by atoms with E-state index in [-0.39, 0.29) is 0 Å². The van der Waals surface area contributed by atoms with Gasteiger partial charge in [0.05, 0.1) is 0 Å². The van der Waals surface area contributed by atoms with Crippen LogP contribution in [0.2, 0.25) is 0 Å². The molecule has 1 nitrogen and oxygen atoms in total. The Balaban J connectivity index is 1.93. The van der Waals surface area contributed by atoms with Gasteiger partial charge in [-0.05, 0) is 42.4 Å². The molecule has 0 spiro atoms. The van der Waals surface area contributed by atoms with Crippen LogP contribution in [0.15, 0.2) is 18.2 Å². The van der Waals surface area contributed by atoms with Gasteiger partial charge in [0.2, 0.25) is 0 Å². The molecule has 1 heterocycles. The van der Waals surface area contributed by atoms with Crippen LogP contribution in [0.1, 0.15) is 49.1 Å². The van der Waals surface area contributed by atoms with Crippen LogP contribution in [0, 0.1) is 0 Å². The highest BCUT2D eigenvalue weighted by Crippen LogP contribution is 2.38. The monoisotopic (exact) mass is 201 g/mol. The summed E-state index contributed by atoms with van der Waals surface area (Å²) >= 11 is 0. The van der Waals surface area contributed by atoms with Crippen molar-refractivity contribution in [1.82, 2.24) is 0 Å². The molecule has 1 fully saturated rings. The summed E-state index contributed by atoms with van der Waals surface area (Å²) < 4.78 is 0. The SMILES string of the molecule is c1cc2c(c(C3CCCCC3)c1)CCN2. The van der Waals surface area contributed by atoms with E-state index in [1.165, 1.54) is 44.2 Å². The van der Waals surface area contributed by atoms with E-state index >= 15 is 0 Å². The number of fused-ring (bicyclic) bond motifs is 1. The molecular formula is C14H19N. The molecule has 0 radical (unpaired) electrons. The van der Waals surface area contributed by atoms with Gasteiger partial charge in [-0.25, -0.2) is 0 Å². The fourth-order valence-electron chi connectivity index (χ4n) is 3.17. The second-order valence-corrected chi connectivity index (χ2v) is 4.89. The highest BCUT2D eigenvalue weighted by Gasteiger charge is 2.21. The van der Waals surface area contributed by atoms with E-state index in [0.29, 0.717) is 0 Å². The van der Waals surface area contributed by atoms with E-state index in [1.807, 2.05) is 0 Å². The lowest BCUT2D eigenvalue weighted by Gasteiger charge is -2.24. The first-order chi connectivity index (χ1) is 7.45. The van der Waals surface area contributed by atoms with Gasteiger partial charge in [0, 0.05) is 12.2 Å². The fraction of sp³-hybridized carbons (Fsp3) is 0.571. The quantitative estimate of drug-likeness (QED) is 0.730. The lowest BCUT2D eigenvalue weighted by Crippen LogP contribution is -2.06. The fourth-order valence-corrected chi connectivity index (χ4v) is 3.17. The van der Waals surface area contributed by atoms with Gasteiger partial charge in [-0.1, -0.05) is 31.4 Å². The largest absolute Gasteiger partial charge is 0.384 e. The van der Waals surface area contributed by atoms with Gasteiger partial charge in [-0.3, -0.25) is 0 Å². The van der Waals surface area contributed by atoms with Crippen LogP contribution in [0.5, 0.6) is 0 Å². The standard InChI is InChI=1S/C14H19N/c1-2-5-11(6-3-1)12-7-4-8-14-13(12)9-10-15-14/h4,7-8,11,15H,1-3,5-6,9-10H2. The summed E-state index contributed by atoms with van der Waals surface area (Å²) in [7, 11) is 0. The first-order valence-electron chi connectivity index (χ1n) is 6.31. The molecule has 0 bridgehead atoms. The Bertz CT molecular complexity index is 350. The Morgan fingerprint density at radius 1 is 1.07 bits per heavy atom. The Labute approximate surface area is 91.9 Å². The number of benzene rings is 1. The molecule has 1 aromatic rings. The van der Waals surface area contributed by atoms with E-state index in [2.05, 4.69) is 23.5 Å². The molecule has 0 amide bonds. The van der Waals surface area contributed by atoms with Crippen molar-refractivity contribution in [1.29, 1.82) is 0 Å². The predicted molar refractivity (Wildman–Crippen MR) is 64.5 cm³/mol. The third-order valence-electron chi connectivity index (χ3n) is 3.95. The van der Waals surface area contributed by atoms with Crippen molar-refractivity contribution in [3.8, 4) is 0 Å². The highest BCUT2D eigenvalue weighted by atomic mass is 14.9. The molecule has 1 aromatic carbocycles. The van der Waals surface area contributed by atoms with Crippen LogP contribution in [0.3, 0.4) is 0 Å². The van der Waals surface area contributed by atoms with Gasteiger partial charge in [0.1, 0.15) is 0 Å². The Kier molecular flexibility index (Phi) is 2.40. The van der Waals surface area contributed by atoms with Gasteiger partial charge in [-0.15, -0.1) is 0 Å². The highest BCUT2D eigenvalue weighted by molar-refractivity contribution is 5.59. The molecule has 0 saturated heterocycles. The molecule has 2 aliphatic rings. The molecule has 0 atom stereocenters. The predicted octanol–water partition coefficient (Wildman–Crippen LogP) is 3.70. The molecule has 3 rings (SSSR count). The van der Waals surface area contributed by atoms with Crippen LogP contribution in [-0.2, 0) is 6.42 Å². The Morgan fingerprint density at radius 2 is 1.93 bits per heavy atom. The van der Waals surface area contributed by atoms with E-state index in [0.717, 1.165) is 12.5 Å². The number of anilines is 1. The van der Waals surface area contributed by atoms with Gasteiger partial charge in [0.15, 0.2) is 0 Å². The first-order valence-corrected chi connectivity index (χ1v) is 6.31. The molecule has 1 saturated carbocycles. The summed E-state index contributed by atoms with van der Waals surface area (Å²) in [6, 6.07) is 6.82. The van der Waals surface area contributed by atoms with Crippen molar-refractivity contribution in [2.75, 3.05) is 11.9 Å².